The molecule has 18 heavy (non-hydrogen) atoms. The minimum absolute atomic E-state index is 0.0119. The molecule has 2 saturated heterocycles. The molecule has 0 bridgehead atoms. The summed E-state index contributed by atoms with van der Waals surface area (Å²) in [5, 5.41) is 5.71. The van der Waals surface area contributed by atoms with Gasteiger partial charge in [0.2, 0.25) is 11.8 Å². The van der Waals surface area contributed by atoms with Gasteiger partial charge in [-0.25, -0.2) is 0 Å². The van der Waals surface area contributed by atoms with Crippen molar-refractivity contribution >= 4 is 11.8 Å². The summed E-state index contributed by atoms with van der Waals surface area (Å²) in [7, 11) is 0. The fraction of sp³-hybridized carbons (Fsp3) is 0.846. The molecule has 0 radical (unpaired) electrons. The van der Waals surface area contributed by atoms with Crippen molar-refractivity contribution in [1.29, 1.82) is 0 Å². The Hall–Kier alpha value is -1.10. The normalized spacial score (nSPS) is 26.7. The summed E-state index contributed by atoms with van der Waals surface area (Å²) in [5.74, 6) is -0.182. The molecule has 0 aromatic heterocycles. The van der Waals surface area contributed by atoms with Crippen LogP contribution in [0.15, 0.2) is 0 Å². The van der Waals surface area contributed by atoms with Gasteiger partial charge in [-0.15, -0.1) is 0 Å². The number of nitrogens with zero attached hydrogens (tertiary/aromatic N) is 1. The van der Waals surface area contributed by atoms with Crippen LogP contribution in [0.5, 0.6) is 0 Å². The Bertz CT molecular complexity index is 313. The third kappa shape index (κ3) is 3.70. The maximum atomic E-state index is 11.9. The predicted octanol–water partition coefficient (Wildman–Crippen LogP) is 0.113. The summed E-state index contributed by atoms with van der Waals surface area (Å²) in [6, 6.07) is 0.159. The second-order valence-corrected chi connectivity index (χ2v) is 5.48. The van der Waals surface area contributed by atoms with Gasteiger partial charge in [-0.1, -0.05) is 6.42 Å². The Labute approximate surface area is 108 Å². The van der Waals surface area contributed by atoms with Crippen molar-refractivity contribution in [2.45, 2.75) is 38.6 Å². The largest absolute Gasteiger partial charge is 0.355 e. The molecule has 2 unspecified atom stereocenters. The first-order valence-corrected chi connectivity index (χ1v) is 6.94. The van der Waals surface area contributed by atoms with Crippen molar-refractivity contribution in [3.05, 3.63) is 0 Å². The Morgan fingerprint density at radius 1 is 1.44 bits per heavy atom. The minimum atomic E-state index is -0.179. The van der Waals surface area contributed by atoms with E-state index in [9.17, 15) is 9.59 Å². The molecule has 2 atom stereocenters. The van der Waals surface area contributed by atoms with Crippen molar-refractivity contribution in [2.75, 3.05) is 26.2 Å². The molecule has 0 saturated carbocycles. The molecule has 2 N–H and O–H groups in total. The van der Waals surface area contributed by atoms with E-state index < -0.39 is 0 Å². The maximum Gasteiger partial charge on any atom is 0.225 e. The summed E-state index contributed by atoms with van der Waals surface area (Å²) in [4.78, 5) is 25.4. The first-order chi connectivity index (χ1) is 8.65. The predicted molar refractivity (Wildman–Crippen MR) is 69.0 cm³/mol. The SMILES string of the molecule is CC(CN1CCCCC1)NC(=O)C1CNC(=O)C1. The summed E-state index contributed by atoms with van der Waals surface area (Å²) in [6.07, 6.45) is 4.19. The molecular formula is C13H23N3O2. The van der Waals surface area contributed by atoms with Crippen molar-refractivity contribution in [3.8, 4) is 0 Å². The van der Waals surface area contributed by atoms with E-state index in [0.717, 1.165) is 19.6 Å². The number of amides is 2. The highest BCUT2D eigenvalue weighted by atomic mass is 16.2. The smallest absolute Gasteiger partial charge is 0.225 e. The molecular weight excluding hydrogens is 230 g/mol. The van der Waals surface area contributed by atoms with Crippen LogP contribution in [0, 0.1) is 5.92 Å². The highest BCUT2D eigenvalue weighted by Gasteiger charge is 2.28. The van der Waals surface area contributed by atoms with Crippen LogP contribution in [0.2, 0.25) is 0 Å². The van der Waals surface area contributed by atoms with Gasteiger partial charge in [-0.05, 0) is 32.9 Å². The second-order valence-electron chi connectivity index (χ2n) is 5.48. The Balaban J connectivity index is 1.71. The number of hydrogen-bond donors (Lipinski definition) is 2. The molecule has 2 rings (SSSR count). The van der Waals surface area contributed by atoms with E-state index >= 15 is 0 Å². The zero-order chi connectivity index (χ0) is 13.0. The number of carbonyl (C=O) groups excluding carboxylic acids is 2. The minimum Gasteiger partial charge on any atom is -0.355 e. The van der Waals surface area contributed by atoms with Crippen LogP contribution in [0.4, 0.5) is 0 Å². The molecule has 5 heteroatoms. The Morgan fingerprint density at radius 2 is 2.17 bits per heavy atom. The number of hydrogen-bond acceptors (Lipinski definition) is 3. The van der Waals surface area contributed by atoms with Crippen molar-refractivity contribution in [3.63, 3.8) is 0 Å². The summed E-state index contributed by atoms with van der Waals surface area (Å²) in [6.45, 7) is 5.73. The molecule has 2 aliphatic heterocycles. The summed E-state index contributed by atoms with van der Waals surface area (Å²) in [5.41, 5.74) is 0. The molecule has 2 aliphatic rings. The quantitative estimate of drug-likeness (QED) is 0.748. The highest BCUT2D eigenvalue weighted by Crippen LogP contribution is 2.11. The van der Waals surface area contributed by atoms with E-state index in [1.807, 2.05) is 6.92 Å². The maximum absolute atomic E-state index is 11.9. The molecule has 0 aliphatic carbocycles. The fourth-order valence-electron chi connectivity index (χ4n) is 2.73. The molecule has 2 amide bonds. The van der Waals surface area contributed by atoms with Crippen molar-refractivity contribution in [1.82, 2.24) is 15.5 Å². The first kappa shape index (κ1) is 13.3. The Morgan fingerprint density at radius 3 is 2.78 bits per heavy atom. The third-order valence-electron chi connectivity index (χ3n) is 3.72. The molecule has 2 heterocycles. The van der Waals surface area contributed by atoms with Gasteiger partial charge in [-0.3, -0.25) is 9.59 Å². The van der Waals surface area contributed by atoms with Gasteiger partial charge in [0, 0.05) is 25.6 Å². The zero-order valence-corrected chi connectivity index (χ0v) is 11.1. The van der Waals surface area contributed by atoms with Crippen molar-refractivity contribution < 1.29 is 9.59 Å². The van der Waals surface area contributed by atoms with Crippen LogP contribution in [-0.4, -0.2) is 48.9 Å². The number of piperidine rings is 1. The average Bonchev–Trinajstić information content (AvgIpc) is 2.77. The van der Waals surface area contributed by atoms with Gasteiger partial charge in [0.25, 0.3) is 0 Å². The summed E-state index contributed by atoms with van der Waals surface area (Å²) >= 11 is 0. The number of nitrogens with one attached hydrogen (secondary N) is 2. The molecule has 0 aromatic carbocycles. The molecule has 2 fully saturated rings. The first-order valence-electron chi connectivity index (χ1n) is 6.94. The lowest BCUT2D eigenvalue weighted by atomic mass is 10.1. The number of likely N-dealkylation sites (tertiary alicyclic amines) is 1. The van der Waals surface area contributed by atoms with Crippen molar-refractivity contribution in [2.24, 2.45) is 5.92 Å². The van der Waals surface area contributed by atoms with Crippen LogP contribution in [0.1, 0.15) is 32.6 Å². The van der Waals surface area contributed by atoms with Gasteiger partial charge in [0.05, 0.1) is 5.92 Å². The monoisotopic (exact) mass is 253 g/mol. The van der Waals surface area contributed by atoms with Crippen LogP contribution >= 0.6 is 0 Å². The van der Waals surface area contributed by atoms with E-state index in [0.29, 0.717) is 13.0 Å². The molecule has 0 aromatic rings. The van der Waals surface area contributed by atoms with E-state index in [2.05, 4.69) is 15.5 Å². The summed E-state index contributed by atoms with van der Waals surface area (Å²) < 4.78 is 0. The van der Waals surface area contributed by atoms with Gasteiger partial charge < -0.3 is 15.5 Å². The fourth-order valence-corrected chi connectivity index (χ4v) is 2.73. The lowest BCUT2D eigenvalue weighted by Crippen LogP contribution is -2.45. The number of rotatable bonds is 4. The van der Waals surface area contributed by atoms with Gasteiger partial charge >= 0.3 is 0 Å². The highest BCUT2D eigenvalue weighted by molar-refractivity contribution is 5.89. The van der Waals surface area contributed by atoms with E-state index in [4.69, 9.17) is 0 Å². The molecule has 0 spiro atoms. The van der Waals surface area contributed by atoms with Gasteiger partial charge in [-0.2, -0.15) is 0 Å². The van der Waals surface area contributed by atoms with Crippen LogP contribution < -0.4 is 10.6 Å². The third-order valence-corrected chi connectivity index (χ3v) is 3.72. The van der Waals surface area contributed by atoms with Gasteiger partial charge in [0.1, 0.15) is 0 Å². The standard InChI is InChI=1S/C13H23N3O2/c1-10(9-16-5-3-2-4-6-16)15-13(18)11-7-12(17)14-8-11/h10-11H,2-9H2,1H3,(H,14,17)(H,15,18). The van der Waals surface area contributed by atoms with Crippen LogP contribution in [-0.2, 0) is 9.59 Å². The van der Waals surface area contributed by atoms with Crippen LogP contribution in [0.3, 0.4) is 0 Å². The zero-order valence-electron chi connectivity index (χ0n) is 11.1. The lowest BCUT2D eigenvalue weighted by Gasteiger charge is -2.29. The second kappa shape index (κ2) is 6.18. The van der Waals surface area contributed by atoms with E-state index in [1.54, 1.807) is 0 Å². The lowest BCUT2D eigenvalue weighted by molar-refractivity contribution is -0.127. The molecule has 102 valence electrons. The topological polar surface area (TPSA) is 61.4 Å². The average molecular weight is 253 g/mol. The van der Waals surface area contributed by atoms with E-state index in [-0.39, 0.29) is 23.8 Å². The van der Waals surface area contributed by atoms with Gasteiger partial charge in [0.15, 0.2) is 0 Å². The number of carbonyl (C=O) groups is 2. The van der Waals surface area contributed by atoms with E-state index in [1.165, 1.54) is 19.3 Å². The Kier molecular flexibility index (Phi) is 4.58. The molecule has 5 nitrogen and oxygen atoms in total. The van der Waals surface area contributed by atoms with Crippen LogP contribution in [0.25, 0.3) is 0 Å².